The maximum Gasteiger partial charge on any atom is 0.332 e. The molecule has 0 fully saturated rings. The van der Waals surface area contributed by atoms with E-state index < -0.39 is 11.2 Å². The molecule has 0 aliphatic heterocycles. The Morgan fingerprint density at radius 2 is 1.52 bits per heavy atom. The molecule has 3 aromatic heterocycles. The van der Waals surface area contributed by atoms with E-state index in [1.165, 1.54) is 23.4 Å². The summed E-state index contributed by atoms with van der Waals surface area (Å²) in [5, 5.41) is 10.4. The summed E-state index contributed by atoms with van der Waals surface area (Å²) in [6.07, 6.45) is 0. The molecule has 0 bridgehead atoms. The second-order valence-corrected chi connectivity index (χ2v) is 8.73. The highest BCUT2D eigenvalue weighted by atomic mass is 35.5. The Morgan fingerprint density at radius 1 is 0.818 bits per heavy atom. The third-order valence-corrected chi connectivity index (χ3v) is 6.70. The van der Waals surface area contributed by atoms with Gasteiger partial charge in [-0.3, -0.25) is 18.5 Å². The lowest BCUT2D eigenvalue weighted by Crippen LogP contribution is -2.37. The van der Waals surface area contributed by atoms with Gasteiger partial charge in [-0.2, -0.15) is 0 Å². The van der Waals surface area contributed by atoms with Gasteiger partial charge in [-0.1, -0.05) is 41.9 Å². The van der Waals surface area contributed by atoms with Gasteiger partial charge >= 0.3 is 5.69 Å². The summed E-state index contributed by atoms with van der Waals surface area (Å²) in [7, 11) is 4.78. The van der Waals surface area contributed by atoms with Crippen LogP contribution in [0.25, 0.3) is 28.2 Å². The first-order valence-corrected chi connectivity index (χ1v) is 11.1. The van der Waals surface area contributed by atoms with Crippen LogP contribution in [-0.2, 0) is 21.1 Å². The predicted molar refractivity (Wildman–Crippen MR) is 127 cm³/mol. The third kappa shape index (κ3) is 3.38. The molecular formula is C22H18ClN7O2S. The zero-order valence-corrected chi connectivity index (χ0v) is 19.5. The van der Waals surface area contributed by atoms with Crippen LogP contribution in [-0.4, -0.2) is 33.4 Å². The molecule has 0 atom stereocenters. The van der Waals surface area contributed by atoms with Crippen molar-refractivity contribution in [1.29, 1.82) is 0 Å². The number of hydrogen-bond donors (Lipinski definition) is 0. The molecule has 0 N–H and O–H groups in total. The predicted octanol–water partition coefficient (Wildman–Crippen LogP) is 3.02. The fraction of sp³-hybridized carbons (Fsp3) is 0.136. The van der Waals surface area contributed by atoms with Crippen LogP contribution in [0.15, 0.2) is 74.5 Å². The summed E-state index contributed by atoms with van der Waals surface area (Å²) in [5.74, 6) is 0.580. The van der Waals surface area contributed by atoms with Gasteiger partial charge in [0, 0.05) is 32.4 Å². The van der Waals surface area contributed by atoms with Crippen LogP contribution in [0.2, 0.25) is 5.02 Å². The van der Waals surface area contributed by atoms with E-state index in [9.17, 15) is 9.59 Å². The van der Waals surface area contributed by atoms with Crippen molar-refractivity contribution in [3.63, 3.8) is 0 Å². The first-order valence-electron chi connectivity index (χ1n) is 9.94. The number of hydrogen-bond acceptors (Lipinski definition) is 6. The third-order valence-electron chi connectivity index (χ3n) is 5.38. The van der Waals surface area contributed by atoms with Crippen LogP contribution in [0, 0.1) is 0 Å². The highest BCUT2D eigenvalue weighted by molar-refractivity contribution is 7.99. The smallest absolute Gasteiger partial charge is 0.316 e. The molecule has 0 saturated carbocycles. The van der Waals surface area contributed by atoms with Crippen molar-refractivity contribution >= 4 is 34.5 Å². The molecule has 2 aromatic carbocycles. The molecule has 0 amide bonds. The van der Waals surface area contributed by atoms with Gasteiger partial charge in [0.2, 0.25) is 5.16 Å². The van der Waals surface area contributed by atoms with Gasteiger partial charge in [0.15, 0.2) is 22.1 Å². The quantitative estimate of drug-likeness (QED) is 0.393. The molecule has 0 radical (unpaired) electrons. The molecule has 0 spiro atoms. The largest absolute Gasteiger partial charge is 0.332 e. The number of fused-ring (bicyclic) bond motifs is 1. The molecule has 0 aliphatic carbocycles. The molecule has 3 heterocycles. The number of benzene rings is 2. The summed E-state index contributed by atoms with van der Waals surface area (Å²) in [5.41, 5.74) is 1.39. The number of nitrogens with zero attached hydrogens (tertiary/aromatic N) is 7. The lowest BCUT2D eigenvalue weighted by atomic mass is 10.2. The van der Waals surface area contributed by atoms with Crippen LogP contribution >= 0.6 is 23.4 Å². The molecule has 0 unspecified atom stereocenters. The summed E-state index contributed by atoms with van der Waals surface area (Å²) in [4.78, 5) is 29.7. The van der Waals surface area contributed by atoms with Crippen LogP contribution in [0.1, 0.15) is 0 Å². The molecule has 5 aromatic rings. The SMILES string of the molecule is Cn1c(=O)c2c(nc(Sc3nnc(-c4ccccc4Cl)n3-c3ccccc3)n2C)n(C)c1=O. The lowest BCUT2D eigenvalue weighted by molar-refractivity contribution is 0.705. The average Bonchev–Trinajstić information content (AvgIpc) is 3.38. The van der Waals surface area contributed by atoms with E-state index in [0.717, 1.165) is 15.8 Å². The van der Waals surface area contributed by atoms with Crippen molar-refractivity contribution in [2.24, 2.45) is 21.1 Å². The average molecular weight is 480 g/mol. The molecule has 0 saturated heterocycles. The van der Waals surface area contributed by atoms with E-state index in [1.54, 1.807) is 24.7 Å². The zero-order chi connectivity index (χ0) is 23.3. The molecular weight excluding hydrogens is 462 g/mol. The number of aryl methyl sites for hydroxylation is 2. The normalized spacial score (nSPS) is 11.4. The van der Waals surface area contributed by atoms with Crippen LogP contribution in [0.5, 0.6) is 0 Å². The van der Waals surface area contributed by atoms with Crippen molar-refractivity contribution < 1.29 is 0 Å². The minimum Gasteiger partial charge on any atom is -0.316 e. The van der Waals surface area contributed by atoms with Gasteiger partial charge < -0.3 is 4.57 Å². The van der Waals surface area contributed by atoms with E-state index in [4.69, 9.17) is 11.6 Å². The second kappa shape index (κ2) is 8.05. The fourth-order valence-corrected chi connectivity index (χ4v) is 4.74. The Kier molecular flexibility index (Phi) is 5.18. The minimum absolute atomic E-state index is 0.310. The number of para-hydroxylation sites is 1. The molecule has 0 aliphatic rings. The van der Waals surface area contributed by atoms with Gasteiger partial charge in [-0.25, -0.2) is 9.78 Å². The van der Waals surface area contributed by atoms with E-state index >= 15 is 0 Å². The first kappa shape index (κ1) is 21.2. The Labute approximate surface area is 196 Å². The second-order valence-electron chi connectivity index (χ2n) is 7.39. The van der Waals surface area contributed by atoms with Gasteiger partial charge in [-0.05, 0) is 36.0 Å². The van der Waals surface area contributed by atoms with Crippen molar-refractivity contribution in [3.05, 3.63) is 80.5 Å². The fourth-order valence-electron chi connectivity index (χ4n) is 3.63. The molecule has 9 nitrogen and oxygen atoms in total. The monoisotopic (exact) mass is 479 g/mol. The van der Waals surface area contributed by atoms with Gasteiger partial charge in [0.05, 0.1) is 5.02 Å². The van der Waals surface area contributed by atoms with Crippen molar-refractivity contribution in [1.82, 2.24) is 33.4 Å². The van der Waals surface area contributed by atoms with Gasteiger partial charge in [-0.15, -0.1) is 10.2 Å². The van der Waals surface area contributed by atoms with Crippen molar-refractivity contribution in [3.8, 4) is 17.1 Å². The number of imidazole rings is 1. The maximum absolute atomic E-state index is 12.7. The molecule has 5 rings (SSSR count). The Balaban J connectivity index is 1.71. The summed E-state index contributed by atoms with van der Waals surface area (Å²) < 4.78 is 5.99. The minimum atomic E-state index is -0.435. The number of aromatic nitrogens is 7. The highest BCUT2D eigenvalue weighted by Crippen LogP contribution is 2.34. The number of rotatable bonds is 4. The van der Waals surface area contributed by atoms with Crippen molar-refractivity contribution in [2.75, 3.05) is 0 Å². The highest BCUT2D eigenvalue weighted by Gasteiger charge is 2.22. The molecule has 166 valence electrons. The van der Waals surface area contributed by atoms with Crippen LogP contribution in [0.3, 0.4) is 0 Å². The Bertz CT molecular complexity index is 1630. The van der Waals surface area contributed by atoms with Crippen molar-refractivity contribution in [2.45, 2.75) is 10.3 Å². The molecule has 33 heavy (non-hydrogen) atoms. The van der Waals surface area contributed by atoms with E-state index in [0.29, 0.717) is 32.3 Å². The molecule has 11 heteroatoms. The Hall–Kier alpha value is -3.63. The van der Waals surface area contributed by atoms with Crippen LogP contribution < -0.4 is 11.2 Å². The summed E-state index contributed by atoms with van der Waals surface area (Å²) in [6.45, 7) is 0. The first-order chi connectivity index (χ1) is 15.9. The topological polar surface area (TPSA) is 92.5 Å². The van der Waals surface area contributed by atoms with E-state index in [2.05, 4.69) is 15.2 Å². The Morgan fingerprint density at radius 3 is 2.24 bits per heavy atom. The lowest BCUT2D eigenvalue weighted by Gasteiger charge is -2.11. The van der Waals surface area contributed by atoms with E-state index in [-0.39, 0.29) is 0 Å². The van der Waals surface area contributed by atoms with Gasteiger partial charge in [0.25, 0.3) is 5.56 Å². The maximum atomic E-state index is 12.7. The summed E-state index contributed by atoms with van der Waals surface area (Å²) >= 11 is 7.70. The summed E-state index contributed by atoms with van der Waals surface area (Å²) in [6, 6.07) is 17.1. The standard InChI is InChI=1S/C22H18ClN7O2S/c1-27-16-18(28(2)22(32)29(3)19(16)31)24-20(27)33-21-26-25-17(14-11-7-8-12-15(14)23)30(21)13-9-5-4-6-10-13/h4-12H,1-3H3. The van der Waals surface area contributed by atoms with Gasteiger partial charge in [0.1, 0.15) is 0 Å². The van der Waals surface area contributed by atoms with E-state index in [1.807, 2.05) is 53.1 Å². The zero-order valence-electron chi connectivity index (χ0n) is 17.9. The van der Waals surface area contributed by atoms with Crippen LogP contribution in [0.4, 0.5) is 0 Å². The number of halogens is 1.